The number of rotatable bonds is 8. The SMILES string of the molecule is CC(C)(C)NC(=O)[C@@H]1C[C@@H]2CCCC[C@@H]2CN1C[C@@H](O)[C@H](Cc1ccccc1)NC(=O)[C@@H]1CCS(=O)(=O)C1. The van der Waals surface area contributed by atoms with Gasteiger partial charge >= 0.3 is 0 Å². The average molecular weight is 548 g/mol. The van der Waals surface area contributed by atoms with E-state index in [1.807, 2.05) is 51.1 Å². The molecule has 1 aromatic carbocycles. The molecule has 6 atom stereocenters. The Labute approximate surface area is 227 Å². The van der Waals surface area contributed by atoms with Crippen molar-refractivity contribution in [2.45, 2.75) is 89.4 Å². The van der Waals surface area contributed by atoms with Gasteiger partial charge in [-0.05, 0) is 63.9 Å². The number of nitrogens with one attached hydrogen (secondary N) is 2. The molecule has 2 saturated heterocycles. The lowest BCUT2D eigenvalue weighted by molar-refractivity contribution is -0.133. The number of hydrogen-bond donors (Lipinski definition) is 3. The average Bonchev–Trinajstić information content (AvgIpc) is 3.22. The summed E-state index contributed by atoms with van der Waals surface area (Å²) in [5, 5.41) is 17.7. The lowest BCUT2D eigenvalue weighted by Crippen LogP contribution is -2.60. The molecule has 0 unspecified atom stereocenters. The quantitative estimate of drug-likeness (QED) is 0.460. The van der Waals surface area contributed by atoms with E-state index in [-0.39, 0.29) is 41.4 Å². The van der Waals surface area contributed by atoms with Gasteiger partial charge in [0.2, 0.25) is 11.8 Å². The van der Waals surface area contributed by atoms with Gasteiger partial charge in [-0.3, -0.25) is 14.5 Å². The molecular weight excluding hydrogens is 502 g/mol. The molecule has 1 saturated carbocycles. The van der Waals surface area contributed by atoms with Crippen LogP contribution in [0.15, 0.2) is 30.3 Å². The van der Waals surface area contributed by atoms with Crippen molar-refractivity contribution in [2.75, 3.05) is 24.6 Å². The fraction of sp³-hybridized carbons (Fsp3) is 0.724. The number of nitrogens with zero attached hydrogens (tertiary/aromatic N) is 1. The molecule has 38 heavy (non-hydrogen) atoms. The van der Waals surface area contributed by atoms with Crippen molar-refractivity contribution in [3.63, 3.8) is 0 Å². The zero-order valence-corrected chi connectivity index (χ0v) is 23.9. The van der Waals surface area contributed by atoms with Crippen LogP contribution in [0.5, 0.6) is 0 Å². The van der Waals surface area contributed by atoms with Crippen molar-refractivity contribution >= 4 is 21.7 Å². The van der Waals surface area contributed by atoms with Crippen LogP contribution in [0.25, 0.3) is 0 Å². The largest absolute Gasteiger partial charge is 0.390 e. The maximum atomic E-state index is 13.4. The first-order valence-electron chi connectivity index (χ1n) is 14.2. The molecule has 2 heterocycles. The number of fused-ring (bicyclic) bond motifs is 1. The molecule has 1 aromatic rings. The van der Waals surface area contributed by atoms with Gasteiger partial charge in [0.1, 0.15) is 0 Å². The molecule has 3 aliphatic rings. The highest BCUT2D eigenvalue weighted by Gasteiger charge is 2.42. The summed E-state index contributed by atoms with van der Waals surface area (Å²) < 4.78 is 23.9. The fourth-order valence-electron chi connectivity index (χ4n) is 6.45. The molecule has 3 N–H and O–H groups in total. The van der Waals surface area contributed by atoms with Crippen molar-refractivity contribution in [3.8, 4) is 0 Å². The smallest absolute Gasteiger partial charge is 0.237 e. The van der Waals surface area contributed by atoms with Gasteiger partial charge < -0.3 is 15.7 Å². The van der Waals surface area contributed by atoms with E-state index >= 15 is 0 Å². The van der Waals surface area contributed by atoms with Crippen LogP contribution in [0.4, 0.5) is 0 Å². The molecule has 0 spiro atoms. The summed E-state index contributed by atoms with van der Waals surface area (Å²) >= 11 is 0. The number of aliphatic hydroxyl groups excluding tert-OH is 1. The molecule has 4 rings (SSSR count). The number of hydrogen-bond acceptors (Lipinski definition) is 6. The second kappa shape index (κ2) is 12.0. The number of aliphatic hydroxyl groups is 1. The van der Waals surface area contributed by atoms with Gasteiger partial charge in [-0.25, -0.2) is 8.42 Å². The lowest BCUT2D eigenvalue weighted by Gasteiger charge is -2.47. The summed E-state index contributed by atoms with van der Waals surface area (Å²) in [6.45, 7) is 6.96. The van der Waals surface area contributed by atoms with E-state index in [0.29, 0.717) is 24.7 Å². The van der Waals surface area contributed by atoms with Gasteiger partial charge in [0.05, 0.1) is 35.6 Å². The number of amides is 2. The molecule has 212 valence electrons. The molecule has 0 aromatic heterocycles. The zero-order valence-electron chi connectivity index (χ0n) is 23.1. The highest BCUT2D eigenvalue weighted by Crippen LogP contribution is 2.39. The number of benzene rings is 1. The maximum Gasteiger partial charge on any atom is 0.237 e. The van der Waals surface area contributed by atoms with Crippen molar-refractivity contribution in [3.05, 3.63) is 35.9 Å². The Morgan fingerprint density at radius 3 is 2.37 bits per heavy atom. The van der Waals surface area contributed by atoms with Crippen LogP contribution in [0.3, 0.4) is 0 Å². The summed E-state index contributed by atoms with van der Waals surface area (Å²) in [5.74, 6) is 0.00799. The molecule has 0 radical (unpaired) electrons. The van der Waals surface area contributed by atoms with Gasteiger partial charge in [-0.2, -0.15) is 0 Å². The Hall–Kier alpha value is -1.97. The number of carbonyl (C=O) groups is 2. The summed E-state index contributed by atoms with van der Waals surface area (Å²) in [4.78, 5) is 28.6. The van der Waals surface area contributed by atoms with Crippen LogP contribution in [0.2, 0.25) is 0 Å². The minimum Gasteiger partial charge on any atom is -0.390 e. The molecular formula is C29H45N3O5S. The molecule has 2 aliphatic heterocycles. The van der Waals surface area contributed by atoms with Crippen LogP contribution in [-0.2, 0) is 25.8 Å². The van der Waals surface area contributed by atoms with Crippen LogP contribution in [-0.4, -0.2) is 78.6 Å². The molecule has 2 amide bonds. The van der Waals surface area contributed by atoms with E-state index in [9.17, 15) is 23.1 Å². The normalized spacial score (nSPS) is 29.2. The minimum absolute atomic E-state index is 0.00599. The summed E-state index contributed by atoms with van der Waals surface area (Å²) in [7, 11) is -3.20. The highest BCUT2D eigenvalue weighted by molar-refractivity contribution is 7.91. The fourth-order valence-corrected chi connectivity index (χ4v) is 8.19. The van der Waals surface area contributed by atoms with Crippen molar-refractivity contribution in [1.82, 2.24) is 15.5 Å². The van der Waals surface area contributed by atoms with Crippen LogP contribution in [0.1, 0.15) is 64.9 Å². The Morgan fingerprint density at radius 2 is 1.74 bits per heavy atom. The summed E-state index contributed by atoms with van der Waals surface area (Å²) in [6.07, 6.45) is 5.31. The first kappa shape index (κ1) is 29.0. The van der Waals surface area contributed by atoms with Gasteiger partial charge in [0.25, 0.3) is 0 Å². The van der Waals surface area contributed by atoms with E-state index in [0.717, 1.165) is 31.4 Å². The van der Waals surface area contributed by atoms with E-state index in [4.69, 9.17) is 0 Å². The molecule has 9 heteroatoms. The van der Waals surface area contributed by atoms with Gasteiger partial charge in [-0.15, -0.1) is 0 Å². The van der Waals surface area contributed by atoms with E-state index in [1.54, 1.807) is 0 Å². The predicted octanol–water partition coefficient (Wildman–Crippen LogP) is 2.30. The second-order valence-corrected chi connectivity index (χ2v) is 15.0. The zero-order chi connectivity index (χ0) is 27.5. The van der Waals surface area contributed by atoms with Gasteiger partial charge in [-0.1, -0.05) is 49.6 Å². The van der Waals surface area contributed by atoms with Crippen molar-refractivity contribution < 1.29 is 23.1 Å². The molecule has 8 nitrogen and oxygen atoms in total. The number of carbonyl (C=O) groups excluding carboxylic acids is 2. The first-order valence-corrected chi connectivity index (χ1v) is 16.0. The number of β-amino-alcohol motifs (C(OH)–C–C–N with tert-alkyl or cyclic N) is 1. The van der Waals surface area contributed by atoms with Gasteiger partial charge in [0.15, 0.2) is 9.84 Å². The Bertz CT molecular complexity index is 1070. The third kappa shape index (κ3) is 7.79. The number of sulfone groups is 1. The van der Waals surface area contributed by atoms with Crippen LogP contribution >= 0.6 is 0 Å². The Kier molecular flexibility index (Phi) is 9.20. The standard InChI is InChI=1S/C29H45N3O5S/c1-29(2,3)31-28(35)25-16-21-11-7-8-12-22(21)17-32(25)18-26(33)24(15-20-9-5-4-6-10-20)30-27(34)23-13-14-38(36,37)19-23/h4-6,9-10,21-26,33H,7-8,11-19H2,1-3H3,(H,30,34)(H,31,35)/t21-,22+,23+,24-,25-,26+/m0/s1. The third-order valence-corrected chi connectivity index (χ3v) is 10.2. The monoisotopic (exact) mass is 547 g/mol. The van der Waals surface area contributed by atoms with Crippen LogP contribution in [0, 0.1) is 17.8 Å². The van der Waals surface area contributed by atoms with Crippen molar-refractivity contribution in [2.24, 2.45) is 17.8 Å². The van der Waals surface area contributed by atoms with E-state index in [1.165, 1.54) is 12.8 Å². The topological polar surface area (TPSA) is 116 Å². The number of likely N-dealkylation sites (tertiary alicyclic amines) is 1. The first-order chi connectivity index (χ1) is 17.9. The molecule has 0 bridgehead atoms. The van der Waals surface area contributed by atoms with Gasteiger partial charge in [0, 0.05) is 18.6 Å². The lowest BCUT2D eigenvalue weighted by atomic mass is 9.72. The minimum atomic E-state index is -3.20. The Morgan fingerprint density at radius 1 is 1.05 bits per heavy atom. The maximum absolute atomic E-state index is 13.4. The summed E-state index contributed by atoms with van der Waals surface area (Å²) in [6, 6.07) is 8.76. The molecule has 1 aliphatic carbocycles. The van der Waals surface area contributed by atoms with E-state index in [2.05, 4.69) is 15.5 Å². The highest BCUT2D eigenvalue weighted by atomic mass is 32.2. The summed E-state index contributed by atoms with van der Waals surface area (Å²) in [5.41, 5.74) is 0.625. The number of piperidine rings is 1. The predicted molar refractivity (Wildman–Crippen MR) is 148 cm³/mol. The Balaban J connectivity index is 1.51. The van der Waals surface area contributed by atoms with Crippen LogP contribution < -0.4 is 10.6 Å². The van der Waals surface area contributed by atoms with Crippen molar-refractivity contribution in [1.29, 1.82) is 0 Å². The molecule has 3 fully saturated rings. The van der Waals surface area contributed by atoms with E-state index < -0.39 is 27.9 Å². The third-order valence-electron chi connectivity index (χ3n) is 8.42. The second-order valence-electron chi connectivity index (χ2n) is 12.7.